The molecule has 1 saturated heterocycles. The molecule has 1 unspecified atom stereocenters. The van der Waals surface area contributed by atoms with Crippen LogP contribution >= 0.6 is 0 Å². The Morgan fingerprint density at radius 3 is 2.52 bits per heavy atom. The average Bonchev–Trinajstić information content (AvgIpc) is 2.63. The van der Waals surface area contributed by atoms with Crippen molar-refractivity contribution in [2.45, 2.75) is 25.8 Å². The van der Waals surface area contributed by atoms with Crippen LogP contribution in [0.1, 0.15) is 20.3 Å². The van der Waals surface area contributed by atoms with Gasteiger partial charge in [0.1, 0.15) is 0 Å². The summed E-state index contributed by atoms with van der Waals surface area (Å²) in [5, 5.41) is 17.2. The van der Waals surface area contributed by atoms with Gasteiger partial charge in [-0.15, -0.1) is 0 Å². The molecule has 1 atom stereocenters. The highest BCUT2D eigenvalue weighted by Gasteiger charge is 2.38. The summed E-state index contributed by atoms with van der Waals surface area (Å²) in [7, 11) is -3.03. The number of hydrogen-bond donors (Lipinski definition) is 2. The fraction of sp³-hybridized carbons (Fsp3) is 0.538. The van der Waals surface area contributed by atoms with E-state index in [0.717, 1.165) is 0 Å². The third-order valence-corrected chi connectivity index (χ3v) is 5.36. The Balaban J connectivity index is 2.29. The molecule has 1 heterocycles. The maximum Gasteiger partial charge on any atom is 0.273 e. The molecular weight excluding hydrogens is 294 g/mol. The average molecular weight is 313 g/mol. The van der Waals surface area contributed by atoms with Gasteiger partial charge >= 0.3 is 0 Å². The highest BCUT2D eigenvalue weighted by molar-refractivity contribution is 7.91. The molecule has 1 aromatic rings. The van der Waals surface area contributed by atoms with Crippen LogP contribution in [0.5, 0.6) is 0 Å². The highest BCUT2D eigenvalue weighted by atomic mass is 32.2. The van der Waals surface area contributed by atoms with Crippen molar-refractivity contribution in [2.75, 3.05) is 28.7 Å². The van der Waals surface area contributed by atoms with Crippen molar-refractivity contribution in [2.24, 2.45) is 0 Å². The molecule has 1 fully saturated rings. The molecule has 1 aliphatic heterocycles. The molecule has 0 bridgehead atoms. The summed E-state index contributed by atoms with van der Waals surface area (Å²) in [6, 6.07) is 4.64. The second kappa shape index (κ2) is 5.51. The second-order valence-electron chi connectivity index (χ2n) is 5.58. The molecule has 2 rings (SSSR count). The van der Waals surface area contributed by atoms with Gasteiger partial charge in [0.25, 0.3) is 5.69 Å². The largest absolute Gasteiger partial charge is 0.385 e. The van der Waals surface area contributed by atoms with Gasteiger partial charge in [0, 0.05) is 35.6 Å². The molecule has 8 heteroatoms. The predicted octanol–water partition coefficient (Wildman–Crippen LogP) is 2.02. The van der Waals surface area contributed by atoms with Crippen molar-refractivity contribution in [3.05, 3.63) is 28.3 Å². The summed E-state index contributed by atoms with van der Waals surface area (Å²) in [5.74, 6) is 0.185. The summed E-state index contributed by atoms with van der Waals surface area (Å²) in [6.45, 7) is 4.37. The smallest absolute Gasteiger partial charge is 0.273 e. The first-order chi connectivity index (χ1) is 9.73. The number of non-ortho nitro benzene ring substituents is 1. The fourth-order valence-corrected chi connectivity index (χ4v) is 4.65. The molecule has 0 aromatic heterocycles. The summed E-state index contributed by atoms with van der Waals surface area (Å²) < 4.78 is 23.2. The maximum atomic E-state index is 11.6. The van der Waals surface area contributed by atoms with Gasteiger partial charge in [-0.1, -0.05) is 0 Å². The first kappa shape index (κ1) is 15.6. The van der Waals surface area contributed by atoms with Crippen LogP contribution in [0.2, 0.25) is 0 Å². The van der Waals surface area contributed by atoms with E-state index in [1.807, 2.05) is 13.8 Å². The van der Waals surface area contributed by atoms with Gasteiger partial charge in [-0.2, -0.15) is 0 Å². The zero-order chi connectivity index (χ0) is 15.7. The van der Waals surface area contributed by atoms with Crippen molar-refractivity contribution in [1.29, 1.82) is 0 Å². The molecule has 0 amide bonds. The van der Waals surface area contributed by atoms with E-state index >= 15 is 0 Å². The number of nitro groups is 1. The van der Waals surface area contributed by atoms with Crippen molar-refractivity contribution in [3.63, 3.8) is 0 Å². The number of benzene rings is 1. The lowest BCUT2D eigenvalue weighted by Gasteiger charge is -2.25. The van der Waals surface area contributed by atoms with E-state index in [1.54, 1.807) is 6.07 Å². The zero-order valence-electron chi connectivity index (χ0n) is 12.0. The van der Waals surface area contributed by atoms with Crippen LogP contribution in [-0.4, -0.2) is 36.9 Å². The number of anilines is 2. The predicted molar refractivity (Wildman–Crippen MR) is 82.6 cm³/mol. The van der Waals surface area contributed by atoms with Crippen LogP contribution in [0.15, 0.2) is 18.2 Å². The molecule has 0 radical (unpaired) electrons. The lowest BCUT2D eigenvalue weighted by molar-refractivity contribution is -0.384. The molecular formula is C13H19N3O4S. The highest BCUT2D eigenvalue weighted by Crippen LogP contribution is 2.31. The van der Waals surface area contributed by atoms with E-state index in [2.05, 4.69) is 10.6 Å². The van der Waals surface area contributed by atoms with Crippen molar-refractivity contribution < 1.29 is 13.3 Å². The van der Waals surface area contributed by atoms with Gasteiger partial charge in [0.05, 0.1) is 16.4 Å². The van der Waals surface area contributed by atoms with Gasteiger partial charge in [-0.05, 0) is 26.3 Å². The Labute approximate surface area is 123 Å². The SMILES string of the molecule is CCNc1cc(NC2(C)CCS(=O)(=O)C2)cc([N+](=O)[O-])c1. The Morgan fingerprint density at radius 1 is 1.33 bits per heavy atom. The molecule has 7 nitrogen and oxygen atoms in total. The number of sulfone groups is 1. The minimum atomic E-state index is -3.03. The molecule has 21 heavy (non-hydrogen) atoms. The number of hydrogen-bond acceptors (Lipinski definition) is 6. The fourth-order valence-electron chi connectivity index (χ4n) is 2.55. The Bertz CT molecular complexity index is 659. The Kier molecular flexibility index (Phi) is 4.08. The quantitative estimate of drug-likeness (QED) is 0.637. The van der Waals surface area contributed by atoms with Crippen LogP contribution in [0.4, 0.5) is 17.1 Å². The first-order valence-corrected chi connectivity index (χ1v) is 8.57. The van der Waals surface area contributed by atoms with Crippen LogP contribution in [0.25, 0.3) is 0 Å². The maximum absolute atomic E-state index is 11.6. The number of rotatable bonds is 5. The molecule has 1 aromatic carbocycles. The van der Waals surface area contributed by atoms with Crippen LogP contribution in [0, 0.1) is 10.1 Å². The second-order valence-corrected chi connectivity index (χ2v) is 7.77. The Hall–Kier alpha value is -1.83. The third kappa shape index (κ3) is 3.84. The van der Waals surface area contributed by atoms with E-state index in [0.29, 0.717) is 24.3 Å². The van der Waals surface area contributed by atoms with E-state index in [9.17, 15) is 18.5 Å². The van der Waals surface area contributed by atoms with Gasteiger partial charge in [0.2, 0.25) is 0 Å². The van der Waals surface area contributed by atoms with Gasteiger partial charge in [-0.25, -0.2) is 8.42 Å². The summed E-state index contributed by atoms with van der Waals surface area (Å²) >= 11 is 0. The van der Waals surface area contributed by atoms with Crippen LogP contribution in [-0.2, 0) is 9.84 Å². The minimum Gasteiger partial charge on any atom is -0.385 e. The van der Waals surface area contributed by atoms with E-state index in [1.165, 1.54) is 12.1 Å². The lowest BCUT2D eigenvalue weighted by Crippen LogP contribution is -2.35. The Morgan fingerprint density at radius 2 is 2.00 bits per heavy atom. The summed E-state index contributed by atoms with van der Waals surface area (Å²) in [5.41, 5.74) is 0.580. The van der Waals surface area contributed by atoms with Gasteiger partial charge in [-0.3, -0.25) is 10.1 Å². The van der Waals surface area contributed by atoms with Crippen LogP contribution < -0.4 is 10.6 Å². The number of nitro benzene ring substituents is 1. The summed E-state index contributed by atoms with van der Waals surface area (Å²) in [6.07, 6.45) is 0.495. The third-order valence-electron chi connectivity index (χ3n) is 3.46. The van der Waals surface area contributed by atoms with Crippen molar-refractivity contribution >= 4 is 26.9 Å². The minimum absolute atomic E-state index is 0.0274. The molecule has 1 aliphatic rings. The van der Waals surface area contributed by atoms with Crippen LogP contribution in [0.3, 0.4) is 0 Å². The normalized spacial score (nSPS) is 23.7. The molecule has 2 N–H and O–H groups in total. The van der Waals surface area contributed by atoms with E-state index in [-0.39, 0.29) is 17.2 Å². The zero-order valence-corrected chi connectivity index (χ0v) is 12.9. The molecule has 116 valence electrons. The molecule has 0 spiro atoms. The summed E-state index contributed by atoms with van der Waals surface area (Å²) in [4.78, 5) is 10.5. The number of nitrogens with zero attached hydrogens (tertiary/aromatic N) is 1. The van der Waals surface area contributed by atoms with E-state index < -0.39 is 20.3 Å². The lowest BCUT2D eigenvalue weighted by atomic mass is 10.0. The van der Waals surface area contributed by atoms with Gasteiger partial charge < -0.3 is 10.6 Å². The van der Waals surface area contributed by atoms with Crippen molar-refractivity contribution in [3.8, 4) is 0 Å². The van der Waals surface area contributed by atoms with Gasteiger partial charge in [0.15, 0.2) is 9.84 Å². The number of nitrogens with one attached hydrogen (secondary N) is 2. The van der Waals surface area contributed by atoms with E-state index in [4.69, 9.17) is 0 Å². The van der Waals surface area contributed by atoms with Crippen molar-refractivity contribution in [1.82, 2.24) is 0 Å². The first-order valence-electron chi connectivity index (χ1n) is 6.75. The standard InChI is InChI=1S/C13H19N3O4S/c1-3-14-10-6-11(8-12(7-10)16(17)18)15-13(2)4-5-21(19,20)9-13/h6-8,14-15H,3-5,9H2,1-2H3. The molecule has 0 aliphatic carbocycles. The monoisotopic (exact) mass is 313 g/mol. The molecule has 0 saturated carbocycles. The topological polar surface area (TPSA) is 101 Å².